The van der Waals surface area contributed by atoms with Gasteiger partial charge in [0.1, 0.15) is 18.5 Å². The van der Waals surface area contributed by atoms with Crippen LogP contribution in [0.1, 0.15) is 50.4 Å². The second-order valence-electron chi connectivity index (χ2n) is 8.82. The molecule has 0 aliphatic carbocycles. The van der Waals surface area contributed by atoms with Crippen LogP contribution in [0.2, 0.25) is 0 Å². The van der Waals surface area contributed by atoms with Crippen molar-refractivity contribution in [2.45, 2.75) is 64.8 Å². The molecule has 0 bridgehead atoms. The van der Waals surface area contributed by atoms with E-state index in [-0.39, 0.29) is 6.61 Å². The largest absolute Gasteiger partial charge is 0.493 e. The first-order valence-electron chi connectivity index (χ1n) is 12.0. The quantitative estimate of drug-likeness (QED) is 0.572. The molecule has 1 aromatic heterocycles. The second kappa shape index (κ2) is 12.8. The van der Waals surface area contributed by atoms with Gasteiger partial charge in [-0.15, -0.1) is 0 Å². The van der Waals surface area contributed by atoms with Crippen molar-refractivity contribution in [3.63, 3.8) is 0 Å². The Morgan fingerprint density at radius 1 is 1.09 bits per heavy atom. The van der Waals surface area contributed by atoms with E-state index in [9.17, 15) is 5.11 Å². The number of hydrogen-bond acceptors (Lipinski definition) is 6. The van der Waals surface area contributed by atoms with Crippen molar-refractivity contribution in [3.8, 4) is 11.5 Å². The lowest BCUT2D eigenvalue weighted by atomic mass is 10.1. The molecule has 0 saturated carbocycles. The summed E-state index contributed by atoms with van der Waals surface area (Å²) in [6.07, 6.45) is 9.71. The van der Waals surface area contributed by atoms with E-state index in [4.69, 9.17) is 9.47 Å². The molecule has 1 fully saturated rings. The number of imidazole rings is 1. The third-order valence-electron chi connectivity index (χ3n) is 6.08. The van der Waals surface area contributed by atoms with Gasteiger partial charge in [-0.2, -0.15) is 0 Å². The van der Waals surface area contributed by atoms with Crippen LogP contribution in [-0.4, -0.2) is 71.0 Å². The minimum Gasteiger partial charge on any atom is -0.493 e. The van der Waals surface area contributed by atoms with Crippen molar-refractivity contribution in [2.75, 3.05) is 40.4 Å². The fourth-order valence-electron chi connectivity index (χ4n) is 4.35. The van der Waals surface area contributed by atoms with Gasteiger partial charge < -0.3 is 24.0 Å². The molecule has 0 spiro atoms. The molecule has 7 heteroatoms. The highest BCUT2D eigenvalue weighted by atomic mass is 16.5. The van der Waals surface area contributed by atoms with Crippen molar-refractivity contribution in [3.05, 3.63) is 42.0 Å². The molecule has 1 atom stereocenters. The summed E-state index contributed by atoms with van der Waals surface area (Å²) < 4.78 is 13.7. The number of ether oxygens (including phenoxy) is 2. The molecule has 2 heterocycles. The fraction of sp³-hybridized carbons (Fsp3) is 0.640. The van der Waals surface area contributed by atoms with Crippen molar-refractivity contribution in [1.82, 2.24) is 19.4 Å². The summed E-state index contributed by atoms with van der Waals surface area (Å²) in [6.45, 7) is 7.65. The number of aliphatic hydroxyl groups excluding tert-OH is 1. The number of likely N-dealkylation sites (tertiary alicyclic amines) is 1. The Morgan fingerprint density at radius 3 is 2.56 bits per heavy atom. The summed E-state index contributed by atoms with van der Waals surface area (Å²) in [7, 11) is 3.74. The first-order valence-corrected chi connectivity index (χ1v) is 12.0. The molecule has 1 N–H and O–H groups in total. The summed E-state index contributed by atoms with van der Waals surface area (Å²) >= 11 is 0. The summed E-state index contributed by atoms with van der Waals surface area (Å²) in [6, 6.07) is 6.02. The predicted molar refractivity (Wildman–Crippen MR) is 127 cm³/mol. The lowest BCUT2D eigenvalue weighted by Gasteiger charge is -2.27. The third-order valence-corrected chi connectivity index (χ3v) is 6.08. The minimum absolute atomic E-state index is 0.264. The topological polar surface area (TPSA) is 63.0 Å². The van der Waals surface area contributed by atoms with Gasteiger partial charge in [-0.05, 0) is 57.6 Å². The van der Waals surface area contributed by atoms with Crippen molar-refractivity contribution >= 4 is 0 Å². The average molecular weight is 445 g/mol. The molecular formula is C25H40N4O3. The highest BCUT2D eigenvalue weighted by molar-refractivity contribution is 5.43. The maximum atomic E-state index is 10.6. The van der Waals surface area contributed by atoms with Crippen molar-refractivity contribution in [1.29, 1.82) is 0 Å². The fourth-order valence-corrected chi connectivity index (χ4v) is 4.35. The number of aliphatic hydroxyl groups is 1. The molecular weight excluding hydrogens is 404 g/mol. The monoisotopic (exact) mass is 444 g/mol. The van der Waals surface area contributed by atoms with Crippen LogP contribution in [0.15, 0.2) is 30.6 Å². The Labute approximate surface area is 193 Å². The van der Waals surface area contributed by atoms with E-state index in [0.717, 1.165) is 44.1 Å². The first-order chi connectivity index (χ1) is 15.6. The minimum atomic E-state index is -0.515. The molecule has 7 nitrogen and oxygen atoms in total. The summed E-state index contributed by atoms with van der Waals surface area (Å²) in [5.74, 6) is 2.43. The summed E-state index contributed by atoms with van der Waals surface area (Å²) in [5.41, 5.74) is 1.14. The smallest absolute Gasteiger partial charge is 0.161 e. The SMILES string of the molecule is CCn1ccnc1CN(C)Cc1ccc(OC)c(OCC(O)CN2CCCCCCC2)c1. The summed E-state index contributed by atoms with van der Waals surface area (Å²) in [5, 5.41) is 10.6. The normalized spacial score (nSPS) is 16.5. The van der Waals surface area contributed by atoms with Gasteiger partial charge in [0.15, 0.2) is 11.5 Å². The summed E-state index contributed by atoms with van der Waals surface area (Å²) in [4.78, 5) is 9.07. The van der Waals surface area contributed by atoms with Crippen LogP contribution in [0.5, 0.6) is 11.5 Å². The van der Waals surface area contributed by atoms with Crippen LogP contribution >= 0.6 is 0 Å². The molecule has 1 aliphatic rings. The van der Waals surface area contributed by atoms with Crippen LogP contribution in [0.4, 0.5) is 0 Å². The number of benzene rings is 1. The van der Waals surface area contributed by atoms with E-state index < -0.39 is 6.10 Å². The van der Waals surface area contributed by atoms with Crippen LogP contribution in [0, 0.1) is 0 Å². The number of hydrogen-bond donors (Lipinski definition) is 1. The Morgan fingerprint density at radius 2 is 1.84 bits per heavy atom. The molecule has 0 radical (unpaired) electrons. The highest BCUT2D eigenvalue weighted by Crippen LogP contribution is 2.29. The maximum absolute atomic E-state index is 10.6. The standard InChI is InChI=1S/C25H40N4O3/c1-4-29-15-12-26-25(29)19-27(2)17-21-10-11-23(31-3)24(16-21)32-20-22(30)18-28-13-8-6-5-7-9-14-28/h10-12,15-16,22,30H,4-9,13-14,17-20H2,1-3H3. The van der Waals surface area contributed by atoms with E-state index in [1.165, 1.54) is 32.1 Å². The van der Waals surface area contributed by atoms with Gasteiger partial charge in [-0.3, -0.25) is 4.90 Å². The van der Waals surface area contributed by atoms with Gasteiger partial charge in [-0.25, -0.2) is 4.98 Å². The lowest BCUT2D eigenvalue weighted by Crippen LogP contribution is -2.37. The number of nitrogens with zero attached hydrogens (tertiary/aromatic N) is 4. The molecule has 1 aromatic carbocycles. The van der Waals surface area contributed by atoms with E-state index in [1.54, 1.807) is 7.11 Å². The van der Waals surface area contributed by atoms with Crippen LogP contribution in [0.3, 0.4) is 0 Å². The number of β-amino-alcohol motifs (C(OH)–C–C–N with tert-alkyl or cyclic N) is 1. The lowest BCUT2D eigenvalue weighted by molar-refractivity contribution is 0.0644. The number of aromatic nitrogens is 2. The van der Waals surface area contributed by atoms with Crippen LogP contribution < -0.4 is 9.47 Å². The molecule has 0 amide bonds. The predicted octanol–water partition coefficient (Wildman–Crippen LogP) is 3.55. The molecule has 1 aliphatic heterocycles. The Balaban J connectivity index is 1.54. The molecule has 3 rings (SSSR count). The Hall–Kier alpha value is -2.09. The van der Waals surface area contributed by atoms with E-state index >= 15 is 0 Å². The van der Waals surface area contributed by atoms with E-state index in [0.29, 0.717) is 18.0 Å². The average Bonchev–Trinajstić information content (AvgIpc) is 3.21. The van der Waals surface area contributed by atoms with Gasteiger partial charge in [-0.1, -0.05) is 25.3 Å². The van der Waals surface area contributed by atoms with Crippen LogP contribution in [0.25, 0.3) is 0 Å². The van der Waals surface area contributed by atoms with Gasteiger partial charge in [0.2, 0.25) is 0 Å². The molecule has 1 unspecified atom stereocenters. The maximum Gasteiger partial charge on any atom is 0.161 e. The molecule has 178 valence electrons. The van der Waals surface area contributed by atoms with Gasteiger partial charge in [0.25, 0.3) is 0 Å². The zero-order chi connectivity index (χ0) is 22.8. The zero-order valence-electron chi connectivity index (χ0n) is 20.0. The van der Waals surface area contributed by atoms with Crippen molar-refractivity contribution < 1.29 is 14.6 Å². The van der Waals surface area contributed by atoms with Gasteiger partial charge in [0.05, 0.1) is 13.7 Å². The van der Waals surface area contributed by atoms with E-state index in [1.807, 2.05) is 24.5 Å². The molecule has 32 heavy (non-hydrogen) atoms. The van der Waals surface area contributed by atoms with Crippen LogP contribution in [-0.2, 0) is 19.6 Å². The van der Waals surface area contributed by atoms with Crippen molar-refractivity contribution in [2.24, 2.45) is 0 Å². The first kappa shape index (κ1) is 24.6. The second-order valence-corrected chi connectivity index (χ2v) is 8.82. The third kappa shape index (κ3) is 7.50. The molecule has 1 saturated heterocycles. The van der Waals surface area contributed by atoms with E-state index in [2.05, 4.69) is 39.4 Å². The molecule has 2 aromatic rings. The number of aryl methyl sites for hydroxylation is 1. The number of rotatable bonds is 11. The Bertz CT molecular complexity index is 802. The Kier molecular flexibility index (Phi) is 9.84. The highest BCUT2D eigenvalue weighted by Gasteiger charge is 2.16. The number of methoxy groups -OCH3 is 1. The zero-order valence-corrected chi connectivity index (χ0v) is 20.0. The van der Waals surface area contributed by atoms with Gasteiger partial charge >= 0.3 is 0 Å². The van der Waals surface area contributed by atoms with Gasteiger partial charge in [0, 0.05) is 32.0 Å².